The Morgan fingerprint density at radius 1 is 1.22 bits per heavy atom. The first-order valence-corrected chi connectivity index (χ1v) is 5.33. The Labute approximate surface area is 105 Å². The molecule has 0 heterocycles. The van der Waals surface area contributed by atoms with Crippen LogP contribution >= 0.6 is 0 Å². The smallest absolute Gasteiger partial charge is 0.264 e. The van der Waals surface area contributed by atoms with E-state index in [-0.39, 0.29) is 0 Å². The molecule has 0 spiro atoms. The molecule has 94 valence electrons. The fourth-order valence-electron chi connectivity index (χ4n) is 1.23. The third-order valence-electron chi connectivity index (χ3n) is 2.28. The molecule has 0 aliphatic rings. The summed E-state index contributed by atoms with van der Waals surface area (Å²) in [7, 11) is 1.46. The Morgan fingerprint density at radius 3 is 2.33 bits per heavy atom. The molecule has 0 radical (unpaired) electrons. The fourth-order valence-corrected chi connectivity index (χ4v) is 1.23. The summed E-state index contributed by atoms with van der Waals surface area (Å²) in [4.78, 5) is 34.5. The van der Waals surface area contributed by atoms with Crippen molar-refractivity contribution in [3.05, 3.63) is 47.7 Å². The van der Waals surface area contributed by atoms with Gasteiger partial charge in [0.2, 0.25) is 12.3 Å². The number of rotatable bonds is 4. The summed E-state index contributed by atoms with van der Waals surface area (Å²) < 4.78 is 0. The van der Waals surface area contributed by atoms with Crippen LogP contribution in [0.5, 0.6) is 0 Å². The highest BCUT2D eigenvalue weighted by molar-refractivity contribution is 6.01. The second kappa shape index (κ2) is 6.34. The number of nitrogens with one attached hydrogen (secondary N) is 1. The predicted octanol–water partition coefficient (Wildman–Crippen LogP) is 0.853. The lowest BCUT2D eigenvalue weighted by molar-refractivity contribution is -0.116. The lowest BCUT2D eigenvalue weighted by Crippen LogP contribution is -2.25. The van der Waals surface area contributed by atoms with E-state index >= 15 is 0 Å². The summed E-state index contributed by atoms with van der Waals surface area (Å²) in [6.07, 6.45) is 2.61. The van der Waals surface area contributed by atoms with E-state index in [1.54, 1.807) is 24.3 Å². The molecule has 0 atom stereocenters. The van der Waals surface area contributed by atoms with Crippen LogP contribution < -0.4 is 5.32 Å². The second-order valence-electron chi connectivity index (χ2n) is 3.61. The van der Waals surface area contributed by atoms with E-state index in [4.69, 9.17) is 0 Å². The van der Waals surface area contributed by atoms with E-state index in [2.05, 4.69) is 5.32 Å². The molecule has 1 rings (SSSR count). The van der Waals surface area contributed by atoms with E-state index < -0.39 is 11.8 Å². The average Bonchev–Trinajstić information content (AvgIpc) is 2.39. The molecule has 5 heteroatoms. The van der Waals surface area contributed by atoms with E-state index in [9.17, 15) is 14.4 Å². The van der Waals surface area contributed by atoms with Gasteiger partial charge in [0.1, 0.15) is 0 Å². The Balaban J connectivity index is 2.86. The van der Waals surface area contributed by atoms with Gasteiger partial charge in [-0.3, -0.25) is 19.3 Å². The van der Waals surface area contributed by atoms with E-state index in [0.717, 1.165) is 22.7 Å². The van der Waals surface area contributed by atoms with Gasteiger partial charge in [-0.25, -0.2) is 0 Å². The zero-order valence-electron chi connectivity index (χ0n) is 10.2. The minimum absolute atomic E-state index is 0.363. The van der Waals surface area contributed by atoms with Crippen LogP contribution in [0.2, 0.25) is 0 Å². The van der Waals surface area contributed by atoms with Crippen LogP contribution in [-0.2, 0) is 9.59 Å². The van der Waals surface area contributed by atoms with Crippen LogP contribution in [0.4, 0.5) is 0 Å². The molecule has 1 N–H and O–H groups in total. The summed E-state index contributed by atoms with van der Waals surface area (Å²) in [6, 6.07) is 6.81. The van der Waals surface area contributed by atoms with Crippen molar-refractivity contribution in [3.63, 3.8) is 0 Å². The number of benzene rings is 1. The van der Waals surface area contributed by atoms with Gasteiger partial charge in [-0.15, -0.1) is 0 Å². The number of aryl methyl sites for hydroxylation is 1. The highest BCUT2D eigenvalue weighted by Crippen LogP contribution is 2.06. The highest BCUT2D eigenvalue weighted by Gasteiger charge is 2.12. The topological polar surface area (TPSA) is 66.5 Å². The van der Waals surface area contributed by atoms with E-state index in [1.807, 2.05) is 6.92 Å². The first-order chi connectivity index (χ1) is 8.58. The Hall–Kier alpha value is -2.43. The maximum absolute atomic E-state index is 11.9. The van der Waals surface area contributed by atoms with Crippen LogP contribution in [-0.4, -0.2) is 30.2 Å². The molecular formula is C13H14N2O3. The number of likely N-dealkylation sites (N-methyl/N-ethyl adjacent to an activating group) is 1. The standard InChI is InChI=1S/C13H14N2O3/c1-10-3-5-11(6-4-10)13(18)15(9-16)8-7-12(17)14-2/h3-9H,1-2H3,(H,14,17)/b8-7-. The van der Waals surface area contributed by atoms with Crippen LogP contribution in [0.15, 0.2) is 36.5 Å². The Kier molecular flexibility index (Phi) is 4.80. The largest absolute Gasteiger partial charge is 0.356 e. The molecular weight excluding hydrogens is 232 g/mol. The molecule has 1 aromatic carbocycles. The van der Waals surface area contributed by atoms with Gasteiger partial charge < -0.3 is 5.32 Å². The predicted molar refractivity (Wildman–Crippen MR) is 66.6 cm³/mol. The van der Waals surface area contributed by atoms with Crippen LogP contribution in [0.3, 0.4) is 0 Å². The molecule has 3 amide bonds. The number of hydrogen-bond donors (Lipinski definition) is 1. The lowest BCUT2D eigenvalue weighted by Gasteiger charge is -2.10. The number of hydrogen-bond acceptors (Lipinski definition) is 3. The van der Waals surface area contributed by atoms with Crippen LogP contribution in [0, 0.1) is 6.92 Å². The lowest BCUT2D eigenvalue weighted by atomic mass is 10.1. The summed E-state index contributed by atoms with van der Waals surface area (Å²) in [6.45, 7) is 1.90. The van der Waals surface area contributed by atoms with Crippen molar-refractivity contribution in [3.8, 4) is 0 Å². The minimum atomic E-state index is -0.481. The summed E-state index contributed by atoms with van der Waals surface area (Å²) in [5.41, 5.74) is 1.40. The number of nitrogens with zero attached hydrogens (tertiary/aromatic N) is 1. The fraction of sp³-hybridized carbons (Fsp3) is 0.154. The van der Waals surface area contributed by atoms with Gasteiger partial charge in [0, 0.05) is 24.9 Å². The molecule has 0 saturated heterocycles. The first kappa shape index (κ1) is 13.6. The molecule has 1 aromatic rings. The van der Waals surface area contributed by atoms with Crippen molar-refractivity contribution in [1.82, 2.24) is 10.2 Å². The van der Waals surface area contributed by atoms with Crippen LogP contribution in [0.25, 0.3) is 0 Å². The zero-order chi connectivity index (χ0) is 13.5. The summed E-state index contributed by atoms with van der Waals surface area (Å²) in [5.74, 6) is -0.872. The van der Waals surface area contributed by atoms with Gasteiger partial charge in [-0.05, 0) is 19.1 Å². The van der Waals surface area contributed by atoms with Gasteiger partial charge >= 0.3 is 0 Å². The number of amides is 3. The van der Waals surface area contributed by atoms with Crippen molar-refractivity contribution in [2.75, 3.05) is 7.05 Å². The molecule has 5 nitrogen and oxygen atoms in total. The highest BCUT2D eigenvalue weighted by atomic mass is 16.2. The maximum Gasteiger partial charge on any atom is 0.264 e. The van der Waals surface area contributed by atoms with Gasteiger partial charge in [0.15, 0.2) is 0 Å². The van der Waals surface area contributed by atoms with Gasteiger partial charge in [0.05, 0.1) is 0 Å². The van der Waals surface area contributed by atoms with Crippen molar-refractivity contribution in [2.24, 2.45) is 0 Å². The quantitative estimate of drug-likeness (QED) is 0.632. The molecule has 0 aliphatic carbocycles. The SMILES string of the molecule is CNC(=O)/C=C\N(C=O)C(=O)c1ccc(C)cc1. The second-order valence-corrected chi connectivity index (χ2v) is 3.61. The third-order valence-corrected chi connectivity index (χ3v) is 2.28. The van der Waals surface area contributed by atoms with Crippen molar-refractivity contribution in [2.45, 2.75) is 6.92 Å². The van der Waals surface area contributed by atoms with Crippen molar-refractivity contribution in [1.29, 1.82) is 0 Å². The number of carbonyl (C=O) groups excluding carboxylic acids is 3. The van der Waals surface area contributed by atoms with Gasteiger partial charge in [-0.2, -0.15) is 0 Å². The maximum atomic E-state index is 11.9. The first-order valence-electron chi connectivity index (χ1n) is 5.33. The molecule has 0 bridgehead atoms. The van der Waals surface area contributed by atoms with Crippen LogP contribution in [0.1, 0.15) is 15.9 Å². The molecule has 0 aliphatic heterocycles. The molecule has 0 saturated carbocycles. The molecule has 0 unspecified atom stereocenters. The van der Waals surface area contributed by atoms with Gasteiger partial charge in [-0.1, -0.05) is 17.7 Å². The Morgan fingerprint density at radius 2 is 1.83 bits per heavy atom. The van der Waals surface area contributed by atoms with E-state index in [1.165, 1.54) is 7.05 Å². The molecule has 0 aromatic heterocycles. The van der Waals surface area contributed by atoms with Crippen molar-refractivity contribution >= 4 is 18.2 Å². The average molecular weight is 246 g/mol. The molecule has 0 fully saturated rings. The minimum Gasteiger partial charge on any atom is -0.356 e. The monoisotopic (exact) mass is 246 g/mol. The Bertz CT molecular complexity index is 478. The molecule has 18 heavy (non-hydrogen) atoms. The number of imide groups is 1. The summed E-state index contributed by atoms with van der Waals surface area (Å²) in [5, 5.41) is 2.35. The summed E-state index contributed by atoms with van der Waals surface area (Å²) >= 11 is 0. The normalized spacial score (nSPS) is 10.1. The van der Waals surface area contributed by atoms with Gasteiger partial charge in [0.25, 0.3) is 5.91 Å². The van der Waals surface area contributed by atoms with Crippen molar-refractivity contribution < 1.29 is 14.4 Å². The van der Waals surface area contributed by atoms with E-state index in [0.29, 0.717) is 12.0 Å². The number of carbonyl (C=O) groups is 3. The third kappa shape index (κ3) is 3.55. The zero-order valence-corrected chi connectivity index (χ0v) is 10.2.